The normalized spacial score (nSPS) is 10.5. The SMILES string of the molecule is Nc1nn(-c2c(F)cccc2F)c(=O)cc1O. The van der Waals surface area contributed by atoms with Gasteiger partial charge < -0.3 is 10.8 Å². The second kappa shape index (κ2) is 3.85. The molecular weight excluding hydrogens is 232 g/mol. The van der Waals surface area contributed by atoms with Gasteiger partial charge in [0.2, 0.25) is 0 Å². The molecule has 88 valence electrons. The van der Waals surface area contributed by atoms with Crippen LogP contribution in [-0.2, 0) is 0 Å². The molecule has 17 heavy (non-hydrogen) atoms. The van der Waals surface area contributed by atoms with Crippen LogP contribution >= 0.6 is 0 Å². The molecule has 0 unspecified atom stereocenters. The van der Waals surface area contributed by atoms with Crippen molar-refractivity contribution >= 4 is 5.82 Å². The van der Waals surface area contributed by atoms with E-state index in [-0.39, 0.29) is 0 Å². The molecule has 0 bridgehead atoms. The first-order chi connectivity index (χ1) is 8.00. The van der Waals surface area contributed by atoms with Crippen molar-refractivity contribution in [3.8, 4) is 11.4 Å². The van der Waals surface area contributed by atoms with E-state index in [1.807, 2.05) is 0 Å². The van der Waals surface area contributed by atoms with Crippen LogP contribution in [0.3, 0.4) is 0 Å². The van der Waals surface area contributed by atoms with Crippen molar-refractivity contribution in [2.45, 2.75) is 0 Å². The van der Waals surface area contributed by atoms with Crippen LogP contribution in [0.4, 0.5) is 14.6 Å². The van der Waals surface area contributed by atoms with Gasteiger partial charge in [-0.1, -0.05) is 6.07 Å². The zero-order valence-corrected chi connectivity index (χ0v) is 8.39. The van der Waals surface area contributed by atoms with Crippen molar-refractivity contribution < 1.29 is 13.9 Å². The molecule has 2 aromatic rings. The Kier molecular flexibility index (Phi) is 2.51. The third-order valence-corrected chi connectivity index (χ3v) is 2.09. The lowest BCUT2D eigenvalue weighted by molar-refractivity contribution is 0.469. The van der Waals surface area contributed by atoms with E-state index in [0.717, 1.165) is 24.3 Å². The van der Waals surface area contributed by atoms with E-state index in [4.69, 9.17) is 10.8 Å². The quantitative estimate of drug-likeness (QED) is 0.771. The van der Waals surface area contributed by atoms with Crippen LogP contribution in [0.25, 0.3) is 5.69 Å². The summed E-state index contributed by atoms with van der Waals surface area (Å²) in [7, 11) is 0. The molecule has 0 radical (unpaired) electrons. The van der Waals surface area contributed by atoms with Gasteiger partial charge in [0.05, 0.1) is 6.07 Å². The van der Waals surface area contributed by atoms with Crippen LogP contribution in [0.15, 0.2) is 29.1 Å². The number of benzene rings is 1. The van der Waals surface area contributed by atoms with Crippen LogP contribution in [0.1, 0.15) is 0 Å². The first-order valence-electron chi connectivity index (χ1n) is 4.54. The van der Waals surface area contributed by atoms with E-state index in [0.29, 0.717) is 4.68 Å². The van der Waals surface area contributed by atoms with Crippen LogP contribution in [0.5, 0.6) is 5.75 Å². The number of nitrogens with two attached hydrogens (primary N) is 1. The maximum atomic E-state index is 13.4. The molecule has 0 aliphatic rings. The summed E-state index contributed by atoms with van der Waals surface area (Å²) in [5, 5.41) is 12.5. The van der Waals surface area contributed by atoms with Crippen LogP contribution in [-0.4, -0.2) is 14.9 Å². The standard InChI is InChI=1S/C10H7F2N3O2/c11-5-2-1-3-6(12)9(5)15-8(17)4-7(16)10(13)14-15/h1-4,16H,(H2,13,14). The Hall–Kier alpha value is -2.44. The van der Waals surface area contributed by atoms with Crippen LogP contribution in [0, 0.1) is 11.6 Å². The Morgan fingerprint density at radius 2 is 1.88 bits per heavy atom. The number of nitrogen functional groups attached to an aromatic ring is 1. The molecule has 0 aliphatic heterocycles. The monoisotopic (exact) mass is 239 g/mol. The molecule has 2 rings (SSSR count). The largest absolute Gasteiger partial charge is 0.504 e. The summed E-state index contributed by atoms with van der Waals surface area (Å²) in [4.78, 5) is 11.4. The minimum Gasteiger partial charge on any atom is -0.504 e. The smallest absolute Gasteiger partial charge is 0.275 e. The number of hydrogen-bond acceptors (Lipinski definition) is 4. The van der Waals surface area contributed by atoms with E-state index in [2.05, 4.69) is 5.10 Å². The molecule has 1 heterocycles. The summed E-state index contributed by atoms with van der Waals surface area (Å²) in [6.07, 6.45) is 0. The van der Waals surface area contributed by atoms with E-state index in [1.54, 1.807) is 0 Å². The predicted octanol–water partition coefficient (Wildman–Crippen LogP) is 0.798. The molecule has 0 atom stereocenters. The van der Waals surface area contributed by atoms with E-state index in [1.165, 1.54) is 0 Å². The van der Waals surface area contributed by atoms with Crippen LogP contribution < -0.4 is 11.3 Å². The van der Waals surface area contributed by atoms with Crippen molar-refractivity contribution in [3.05, 3.63) is 46.3 Å². The van der Waals surface area contributed by atoms with E-state index >= 15 is 0 Å². The van der Waals surface area contributed by atoms with Crippen LogP contribution in [0.2, 0.25) is 0 Å². The number of para-hydroxylation sites is 1. The number of anilines is 1. The molecule has 0 fully saturated rings. The molecule has 0 saturated carbocycles. The van der Waals surface area contributed by atoms with Gasteiger partial charge in [0.1, 0.15) is 5.69 Å². The fourth-order valence-electron chi connectivity index (χ4n) is 1.31. The first-order valence-corrected chi connectivity index (χ1v) is 4.54. The average Bonchev–Trinajstić information content (AvgIpc) is 2.25. The lowest BCUT2D eigenvalue weighted by atomic mass is 10.3. The number of aromatic nitrogens is 2. The third-order valence-electron chi connectivity index (χ3n) is 2.09. The maximum absolute atomic E-state index is 13.4. The lowest BCUT2D eigenvalue weighted by Gasteiger charge is -2.07. The van der Waals surface area contributed by atoms with Gasteiger partial charge in [-0.15, -0.1) is 5.10 Å². The zero-order valence-electron chi connectivity index (χ0n) is 8.39. The van der Waals surface area contributed by atoms with Crippen molar-refractivity contribution in [1.29, 1.82) is 0 Å². The Labute approximate surface area is 93.7 Å². The highest BCUT2D eigenvalue weighted by molar-refractivity contribution is 5.44. The first kappa shape index (κ1) is 11.1. The summed E-state index contributed by atoms with van der Waals surface area (Å²) in [6, 6.07) is 3.85. The Balaban J connectivity index is 2.78. The summed E-state index contributed by atoms with van der Waals surface area (Å²) < 4.78 is 27.3. The summed E-state index contributed by atoms with van der Waals surface area (Å²) >= 11 is 0. The molecule has 0 saturated heterocycles. The number of nitrogens with zero attached hydrogens (tertiary/aromatic N) is 2. The number of hydrogen-bond donors (Lipinski definition) is 2. The number of rotatable bonds is 1. The Morgan fingerprint density at radius 3 is 2.47 bits per heavy atom. The summed E-state index contributed by atoms with van der Waals surface area (Å²) in [5.41, 5.74) is 3.74. The minimum atomic E-state index is -0.954. The van der Waals surface area contributed by atoms with Gasteiger partial charge in [0.25, 0.3) is 5.56 Å². The molecule has 5 nitrogen and oxygen atoms in total. The highest BCUT2D eigenvalue weighted by Gasteiger charge is 2.14. The second-order valence-corrected chi connectivity index (χ2v) is 3.24. The maximum Gasteiger partial charge on any atom is 0.275 e. The van der Waals surface area contributed by atoms with Gasteiger partial charge in [-0.25, -0.2) is 8.78 Å². The fourth-order valence-corrected chi connectivity index (χ4v) is 1.31. The van der Waals surface area contributed by atoms with E-state index in [9.17, 15) is 13.6 Å². The molecule has 1 aromatic heterocycles. The van der Waals surface area contributed by atoms with Crippen molar-refractivity contribution in [2.24, 2.45) is 0 Å². The number of aromatic hydroxyl groups is 1. The number of halogens is 2. The highest BCUT2D eigenvalue weighted by Crippen LogP contribution is 2.18. The Bertz CT molecular complexity index is 620. The van der Waals surface area contributed by atoms with Gasteiger partial charge in [-0.05, 0) is 12.1 Å². The van der Waals surface area contributed by atoms with Gasteiger partial charge >= 0.3 is 0 Å². The third kappa shape index (κ3) is 1.82. The Morgan fingerprint density at radius 1 is 1.29 bits per heavy atom. The lowest BCUT2D eigenvalue weighted by Crippen LogP contribution is -2.23. The average molecular weight is 239 g/mol. The van der Waals surface area contributed by atoms with Gasteiger partial charge in [0.15, 0.2) is 23.2 Å². The zero-order chi connectivity index (χ0) is 12.6. The van der Waals surface area contributed by atoms with Gasteiger partial charge in [0, 0.05) is 0 Å². The molecule has 7 heteroatoms. The van der Waals surface area contributed by atoms with Crippen molar-refractivity contribution in [3.63, 3.8) is 0 Å². The minimum absolute atomic E-state index is 0.396. The molecule has 1 aromatic carbocycles. The molecule has 3 N–H and O–H groups in total. The van der Waals surface area contributed by atoms with Gasteiger partial charge in [-0.3, -0.25) is 4.79 Å². The second-order valence-electron chi connectivity index (χ2n) is 3.24. The topological polar surface area (TPSA) is 81.1 Å². The predicted molar refractivity (Wildman–Crippen MR) is 55.8 cm³/mol. The van der Waals surface area contributed by atoms with Gasteiger partial charge in [-0.2, -0.15) is 4.68 Å². The molecular formula is C10H7F2N3O2. The highest BCUT2D eigenvalue weighted by atomic mass is 19.1. The van der Waals surface area contributed by atoms with E-state index < -0.39 is 34.4 Å². The summed E-state index contributed by atoms with van der Waals surface area (Å²) in [6.45, 7) is 0. The molecule has 0 aliphatic carbocycles. The summed E-state index contributed by atoms with van der Waals surface area (Å²) in [5.74, 6) is -2.84. The fraction of sp³-hybridized carbons (Fsp3) is 0. The van der Waals surface area contributed by atoms with Crippen molar-refractivity contribution in [2.75, 3.05) is 5.73 Å². The van der Waals surface area contributed by atoms with Crippen molar-refractivity contribution in [1.82, 2.24) is 9.78 Å². The molecule has 0 spiro atoms. The molecule has 0 amide bonds.